The molecule has 0 aliphatic heterocycles. The summed E-state index contributed by atoms with van der Waals surface area (Å²) in [6.45, 7) is 3.72. The van der Waals surface area contributed by atoms with Crippen LogP contribution in [0.2, 0.25) is 0 Å². The number of aryl methyl sites for hydroxylation is 2. The Kier molecular flexibility index (Phi) is 3.28. The van der Waals surface area contributed by atoms with Crippen molar-refractivity contribution in [3.05, 3.63) is 40.3 Å². The van der Waals surface area contributed by atoms with Crippen LogP contribution in [0.15, 0.2) is 28.7 Å². The van der Waals surface area contributed by atoms with Crippen molar-refractivity contribution in [2.24, 2.45) is 0 Å². The van der Waals surface area contributed by atoms with Gasteiger partial charge in [-0.3, -0.25) is 0 Å². The van der Waals surface area contributed by atoms with Gasteiger partial charge in [-0.1, -0.05) is 6.07 Å². The summed E-state index contributed by atoms with van der Waals surface area (Å²) in [4.78, 5) is 8.39. The Bertz CT molecular complexity index is 517. The molecule has 1 aromatic heterocycles. The van der Waals surface area contributed by atoms with Crippen LogP contribution in [-0.2, 0) is 0 Å². The van der Waals surface area contributed by atoms with Crippen molar-refractivity contribution < 1.29 is 4.74 Å². The third kappa shape index (κ3) is 2.74. The molecule has 0 atom stereocenters. The minimum atomic E-state index is 0.494. The standard InChI is InChI=1S/C12H12BrN3O/c1-7-6-11(16-8(2)15-7)17-12-9(13)4-3-5-10(12)14/h3-6H,14H2,1-2H3. The van der Waals surface area contributed by atoms with Crippen LogP contribution in [-0.4, -0.2) is 9.97 Å². The summed E-state index contributed by atoms with van der Waals surface area (Å²) in [6.07, 6.45) is 0. The number of anilines is 1. The molecule has 0 bridgehead atoms. The average molecular weight is 294 g/mol. The summed E-state index contributed by atoms with van der Waals surface area (Å²) >= 11 is 3.39. The first-order valence-corrected chi connectivity index (χ1v) is 5.89. The summed E-state index contributed by atoms with van der Waals surface area (Å²) in [5.74, 6) is 1.74. The number of hydrogen-bond donors (Lipinski definition) is 1. The zero-order chi connectivity index (χ0) is 12.4. The highest BCUT2D eigenvalue weighted by molar-refractivity contribution is 9.10. The summed E-state index contributed by atoms with van der Waals surface area (Å²) in [7, 11) is 0. The van der Waals surface area contributed by atoms with Crippen LogP contribution < -0.4 is 10.5 Å². The van der Waals surface area contributed by atoms with E-state index in [1.807, 2.05) is 26.0 Å². The number of ether oxygens (including phenoxy) is 1. The Morgan fingerprint density at radius 2 is 2.00 bits per heavy atom. The van der Waals surface area contributed by atoms with Gasteiger partial charge in [0.25, 0.3) is 0 Å². The summed E-state index contributed by atoms with van der Waals surface area (Å²) in [6, 6.07) is 7.27. The fourth-order valence-electron chi connectivity index (χ4n) is 1.47. The van der Waals surface area contributed by atoms with Crippen molar-refractivity contribution in [1.29, 1.82) is 0 Å². The molecule has 0 radical (unpaired) electrons. The number of benzene rings is 1. The lowest BCUT2D eigenvalue weighted by molar-refractivity contribution is 0.458. The molecule has 4 nitrogen and oxygen atoms in total. The number of nitrogen functional groups attached to an aromatic ring is 1. The second-order valence-electron chi connectivity index (χ2n) is 3.66. The van der Waals surface area contributed by atoms with E-state index in [-0.39, 0.29) is 0 Å². The van der Waals surface area contributed by atoms with Crippen molar-refractivity contribution in [2.75, 3.05) is 5.73 Å². The Hall–Kier alpha value is -1.62. The monoisotopic (exact) mass is 293 g/mol. The van der Waals surface area contributed by atoms with Crippen molar-refractivity contribution in [2.45, 2.75) is 13.8 Å². The van der Waals surface area contributed by atoms with Gasteiger partial charge < -0.3 is 10.5 Å². The second kappa shape index (κ2) is 4.71. The number of nitrogens with zero attached hydrogens (tertiary/aromatic N) is 2. The minimum Gasteiger partial charge on any atom is -0.436 e. The molecule has 0 unspecified atom stereocenters. The molecule has 0 saturated carbocycles. The van der Waals surface area contributed by atoms with Crippen molar-refractivity contribution >= 4 is 21.6 Å². The van der Waals surface area contributed by atoms with Gasteiger partial charge in [-0.25, -0.2) is 4.98 Å². The van der Waals surface area contributed by atoms with Gasteiger partial charge in [0.2, 0.25) is 5.88 Å². The predicted molar refractivity (Wildman–Crippen MR) is 70.1 cm³/mol. The number of para-hydroxylation sites is 1. The predicted octanol–water partition coefficient (Wildman–Crippen LogP) is 3.23. The zero-order valence-corrected chi connectivity index (χ0v) is 11.2. The van der Waals surface area contributed by atoms with Crippen LogP contribution >= 0.6 is 15.9 Å². The van der Waals surface area contributed by atoms with E-state index in [1.54, 1.807) is 12.1 Å². The maximum absolute atomic E-state index is 5.85. The molecular weight excluding hydrogens is 282 g/mol. The van der Waals surface area contributed by atoms with Gasteiger partial charge in [0.15, 0.2) is 5.75 Å². The fraction of sp³-hybridized carbons (Fsp3) is 0.167. The van der Waals surface area contributed by atoms with E-state index in [1.165, 1.54) is 0 Å². The highest BCUT2D eigenvalue weighted by Gasteiger charge is 2.08. The third-order valence-electron chi connectivity index (χ3n) is 2.15. The first kappa shape index (κ1) is 11.9. The van der Waals surface area contributed by atoms with Crippen molar-refractivity contribution in [1.82, 2.24) is 9.97 Å². The van der Waals surface area contributed by atoms with E-state index < -0.39 is 0 Å². The molecule has 0 aliphatic rings. The molecule has 88 valence electrons. The topological polar surface area (TPSA) is 61.0 Å². The number of rotatable bonds is 2. The van der Waals surface area contributed by atoms with Crippen molar-refractivity contribution in [3.8, 4) is 11.6 Å². The molecule has 0 amide bonds. The van der Waals surface area contributed by atoms with Crippen LogP contribution in [0.1, 0.15) is 11.5 Å². The maximum atomic E-state index is 5.85. The maximum Gasteiger partial charge on any atom is 0.222 e. The van der Waals surface area contributed by atoms with Crippen LogP contribution in [0, 0.1) is 13.8 Å². The van der Waals surface area contributed by atoms with Gasteiger partial charge in [0.05, 0.1) is 10.2 Å². The van der Waals surface area contributed by atoms with Crippen LogP contribution in [0.25, 0.3) is 0 Å². The number of aromatic nitrogens is 2. The zero-order valence-electron chi connectivity index (χ0n) is 9.57. The van der Waals surface area contributed by atoms with E-state index in [9.17, 15) is 0 Å². The highest BCUT2D eigenvalue weighted by Crippen LogP contribution is 2.34. The van der Waals surface area contributed by atoms with Gasteiger partial charge in [-0.15, -0.1) is 0 Å². The molecule has 2 rings (SSSR count). The average Bonchev–Trinajstić information content (AvgIpc) is 2.22. The lowest BCUT2D eigenvalue weighted by atomic mass is 10.3. The smallest absolute Gasteiger partial charge is 0.222 e. The van der Waals surface area contributed by atoms with E-state index in [0.717, 1.165) is 10.2 Å². The van der Waals surface area contributed by atoms with Gasteiger partial charge in [-0.05, 0) is 41.9 Å². The Balaban J connectivity index is 2.38. The second-order valence-corrected chi connectivity index (χ2v) is 4.51. The Labute approximate surface area is 108 Å². The SMILES string of the molecule is Cc1cc(Oc2c(N)cccc2Br)nc(C)n1. The first-order valence-electron chi connectivity index (χ1n) is 5.10. The van der Waals surface area contributed by atoms with Crippen LogP contribution in [0.3, 0.4) is 0 Å². The van der Waals surface area contributed by atoms with Crippen molar-refractivity contribution in [3.63, 3.8) is 0 Å². The molecule has 0 aliphatic carbocycles. The molecule has 0 saturated heterocycles. The van der Waals surface area contributed by atoms with Gasteiger partial charge in [0.1, 0.15) is 5.82 Å². The summed E-state index contributed by atoms with van der Waals surface area (Å²) in [5.41, 5.74) is 7.27. The van der Waals surface area contributed by atoms with Gasteiger partial charge in [-0.2, -0.15) is 4.98 Å². The van der Waals surface area contributed by atoms with E-state index in [0.29, 0.717) is 23.1 Å². The molecule has 2 aromatic rings. The number of hydrogen-bond acceptors (Lipinski definition) is 4. The summed E-state index contributed by atoms with van der Waals surface area (Å²) in [5, 5.41) is 0. The van der Waals surface area contributed by atoms with E-state index in [2.05, 4.69) is 25.9 Å². The third-order valence-corrected chi connectivity index (χ3v) is 2.77. The fourth-order valence-corrected chi connectivity index (χ4v) is 1.94. The molecule has 0 fully saturated rings. The molecule has 1 aromatic carbocycles. The quantitative estimate of drug-likeness (QED) is 0.864. The largest absolute Gasteiger partial charge is 0.436 e. The highest BCUT2D eigenvalue weighted by atomic mass is 79.9. The van der Waals surface area contributed by atoms with Gasteiger partial charge in [0, 0.05) is 11.8 Å². The molecule has 5 heteroatoms. The summed E-state index contributed by atoms with van der Waals surface area (Å²) < 4.78 is 6.48. The molecular formula is C12H12BrN3O. The molecule has 2 N–H and O–H groups in total. The van der Waals surface area contributed by atoms with Gasteiger partial charge >= 0.3 is 0 Å². The lowest BCUT2D eigenvalue weighted by Crippen LogP contribution is -1.97. The number of halogens is 1. The number of nitrogens with two attached hydrogens (primary N) is 1. The van der Waals surface area contributed by atoms with E-state index in [4.69, 9.17) is 10.5 Å². The lowest BCUT2D eigenvalue weighted by Gasteiger charge is -2.10. The van der Waals surface area contributed by atoms with Crippen LogP contribution in [0.5, 0.6) is 11.6 Å². The van der Waals surface area contributed by atoms with Crippen LogP contribution in [0.4, 0.5) is 5.69 Å². The Morgan fingerprint density at radius 1 is 1.24 bits per heavy atom. The van der Waals surface area contributed by atoms with E-state index >= 15 is 0 Å². The normalized spacial score (nSPS) is 10.3. The molecule has 0 spiro atoms. The minimum absolute atomic E-state index is 0.494. The molecule has 1 heterocycles. The molecule has 17 heavy (non-hydrogen) atoms. The Morgan fingerprint density at radius 3 is 2.65 bits per heavy atom. The first-order chi connectivity index (χ1) is 8.06.